The molecular formula is C24H23N3O3S. The number of likely N-dealkylation sites (N-methyl/N-ethyl adjacent to an activating group) is 1. The van der Waals surface area contributed by atoms with Gasteiger partial charge in [0.2, 0.25) is 5.91 Å². The third kappa shape index (κ3) is 5.96. The molecule has 3 aromatic carbocycles. The summed E-state index contributed by atoms with van der Waals surface area (Å²) in [6.07, 6.45) is 1.94. The highest BCUT2D eigenvalue weighted by molar-refractivity contribution is 7.98. The average Bonchev–Trinajstić information content (AvgIpc) is 2.80. The number of thioether (sulfide) groups is 1. The van der Waals surface area contributed by atoms with Crippen molar-refractivity contribution in [1.82, 2.24) is 4.90 Å². The van der Waals surface area contributed by atoms with Gasteiger partial charge in [0.1, 0.15) is 0 Å². The standard InChI is InChI=1S/C24H23N3O3S/c1-27(16-22(28)26-20-10-6-7-11-21(20)31-2)24(30)18-12-14-19(15-13-18)25-23(29)17-8-4-3-5-9-17/h3-15H,16H2,1-2H3,(H,25,29)(H,26,28). The van der Waals surface area contributed by atoms with Crippen molar-refractivity contribution in [3.63, 3.8) is 0 Å². The molecule has 0 radical (unpaired) electrons. The number of benzene rings is 3. The largest absolute Gasteiger partial charge is 0.332 e. The Morgan fingerprint density at radius 2 is 1.45 bits per heavy atom. The van der Waals surface area contributed by atoms with Gasteiger partial charge in [-0.05, 0) is 54.8 Å². The molecule has 158 valence electrons. The van der Waals surface area contributed by atoms with E-state index in [0.29, 0.717) is 16.8 Å². The van der Waals surface area contributed by atoms with Gasteiger partial charge in [-0.3, -0.25) is 14.4 Å². The molecule has 0 aromatic heterocycles. The van der Waals surface area contributed by atoms with Gasteiger partial charge >= 0.3 is 0 Å². The van der Waals surface area contributed by atoms with Crippen LogP contribution < -0.4 is 10.6 Å². The van der Waals surface area contributed by atoms with E-state index < -0.39 is 0 Å². The number of amides is 3. The second kappa shape index (κ2) is 10.4. The molecule has 7 heteroatoms. The Bertz CT molecular complexity index is 1070. The zero-order valence-electron chi connectivity index (χ0n) is 17.3. The number of hydrogen-bond donors (Lipinski definition) is 2. The van der Waals surface area contributed by atoms with E-state index in [1.807, 2.05) is 36.6 Å². The smallest absolute Gasteiger partial charge is 0.255 e. The first-order valence-corrected chi connectivity index (χ1v) is 10.8. The fourth-order valence-electron chi connectivity index (χ4n) is 2.93. The van der Waals surface area contributed by atoms with E-state index >= 15 is 0 Å². The number of para-hydroxylation sites is 1. The van der Waals surface area contributed by atoms with Gasteiger partial charge < -0.3 is 15.5 Å². The molecule has 0 heterocycles. The fraction of sp³-hybridized carbons (Fsp3) is 0.125. The van der Waals surface area contributed by atoms with Gasteiger partial charge in [-0.25, -0.2) is 0 Å². The van der Waals surface area contributed by atoms with Crippen molar-refractivity contribution in [2.75, 3.05) is 30.5 Å². The van der Waals surface area contributed by atoms with Gasteiger partial charge in [0.05, 0.1) is 12.2 Å². The van der Waals surface area contributed by atoms with Crippen molar-refractivity contribution in [1.29, 1.82) is 0 Å². The monoisotopic (exact) mass is 433 g/mol. The molecule has 3 amide bonds. The maximum Gasteiger partial charge on any atom is 0.255 e. The maximum absolute atomic E-state index is 12.7. The lowest BCUT2D eigenvalue weighted by molar-refractivity contribution is -0.116. The third-order valence-corrected chi connectivity index (χ3v) is 5.33. The summed E-state index contributed by atoms with van der Waals surface area (Å²) < 4.78 is 0. The molecule has 3 rings (SSSR count). The highest BCUT2D eigenvalue weighted by Gasteiger charge is 2.16. The van der Waals surface area contributed by atoms with Crippen LogP contribution in [0.4, 0.5) is 11.4 Å². The Morgan fingerprint density at radius 3 is 2.13 bits per heavy atom. The molecule has 0 atom stereocenters. The Kier molecular flexibility index (Phi) is 7.45. The van der Waals surface area contributed by atoms with E-state index in [1.54, 1.807) is 55.6 Å². The highest BCUT2D eigenvalue weighted by Crippen LogP contribution is 2.24. The fourth-order valence-corrected chi connectivity index (χ4v) is 3.49. The van der Waals surface area contributed by atoms with Gasteiger partial charge in [0.15, 0.2) is 0 Å². The first-order chi connectivity index (χ1) is 15.0. The summed E-state index contributed by atoms with van der Waals surface area (Å²) >= 11 is 1.54. The van der Waals surface area contributed by atoms with E-state index in [1.165, 1.54) is 16.7 Å². The minimum atomic E-state index is -0.283. The van der Waals surface area contributed by atoms with Crippen LogP contribution in [0.25, 0.3) is 0 Å². The van der Waals surface area contributed by atoms with Crippen molar-refractivity contribution in [2.24, 2.45) is 0 Å². The Hall–Kier alpha value is -3.58. The minimum Gasteiger partial charge on any atom is -0.332 e. The maximum atomic E-state index is 12.7. The van der Waals surface area contributed by atoms with Crippen LogP contribution in [0, 0.1) is 0 Å². The second-order valence-corrected chi connectivity index (χ2v) is 7.66. The number of carbonyl (C=O) groups is 3. The summed E-state index contributed by atoms with van der Waals surface area (Å²) in [7, 11) is 1.58. The van der Waals surface area contributed by atoms with Crippen LogP contribution in [0.3, 0.4) is 0 Å². The van der Waals surface area contributed by atoms with Crippen LogP contribution in [0.5, 0.6) is 0 Å². The molecule has 0 aliphatic carbocycles. The summed E-state index contributed by atoms with van der Waals surface area (Å²) in [6, 6.07) is 23.0. The number of rotatable bonds is 7. The van der Waals surface area contributed by atoms with E-state index in [9.17, 15) is 14.4 Å². The van der Waals surface area contributed by atoms with Crippen LogP contribution in [0.1, 0.15) is 20.7 Å². The molecule has 0 saturated heterocycles. The van der Waals surface area contributed by atoms with Crippen LogP contribution in [-0.4, -0.2) is 42.5 Å². The first kappa shape index (κ1) is 22.1. The van der Waals surface area contributed by atoms with Crippen LogP contribution in [0.2, 0.25) is 0 Å². The first-order valence-electron chi connectivity index (χ1n) is 9.62. The van der Waals surface area contributed by atoms with E-state index in [-0.39, 0.29) is 24.3 Å². The van der Waals surface area contributed by atoms with Crippen molar-refractivity contribution >= 4 is 40.9 Å². The minimum absolute atomic E-state index is 0.0754. The Balaban J connectivity index is 1.58. The second-order valence-electron chi connectivity index (χ2n) is 6.81. The molecule has 0 aliphatic rings. The van der Waals surface area contributed by atoms with Crippen LogP contribution in [-0.2, 0) is 4.79 Å². The molecule has 0 unspecified atom stereocenters. The third-order valence-electron chi connectivity index (χ3n) is 4.53. The summed E-state index contributed by atoms with van der Waals surface area (Å²) in [5.74, 6) is -0.780. The average molecular weight is 434 g/mol. The molecule has 3 aromatic rings. The van der Waals surface area contributed by atoms with Gasteiger partial charge in [0.25, 0.3) is 11.8 Å². The lowest BCUT2D eigenvalue weighted by Crippen LogP contribution is -2.35. The van der Waals surface area contributed by atoms with Crippen molar-refractivity contribution in [2.45, 2.75) is 4.90 Å². The van der Waals surface area contributed by atoms with E-state index in [0.717, 1.165) is 10.6 Å². The van der Waals surface area contributed by atoms with Gasteiger partial charge in [0, 0.05) is 28.8 Å². The molecule has 2 N–H and O–H groups in total. The number of hydrogen-bond acceptors (Lipinski definition) is 4. The van der Waals surface area contributed by atoms with Crippen molar-refractivity contribution in [3.8, 4) is 0 Å². The lowest BCUT2D eigenvalue weighted by Gasteiger charge is -2.18. The van der Waals surface area contributed by atoms with Gasteiger partial charge in [-0.1, -0.05) is 30.3 Å². The topological polar surface area (TPSA) is 78.5 Å². The molecule has 0 saturated carbocycles. The summed E-state index contributed by atoms with van der Waals surface area (Å²) in [5.41, 5.74) is 2.29. The summed E-state index contributed by atoms with van der Waals surface area (Å²) in [6.45, 7) is -0.0754. The van der Waals surface area contributed by atoms with Gasteiger partial charge in [-0.15, -0.1) is 11.8 Å². The quantitative estimate of drug-likeness (QED) is 0.543. The molecule has 0 fully saturated rings. The molecular weight excluding hydrogens is 410 g/mol. The number of nitrogens with one attached hydrogen (secondary N) is 2. The highest BCUT2D eigenvalue weighted by atomic mass is 32.2. The molecule has 0 bridgehead atoms. The summed E-state index contributed by atoms with van der Waals surface area (Å²) in [5, 5.41) is 5.64. The SMILES string of the molecule is CSc1ccccc1NC(=O)CN(C)C(=O)c1ccc(NC(=O)c2ccccc2)cc1. The van der Waals surface area contributed by atoms with Crippen molar-refractivity contribution < 1.29 is 14.4 Å². The van der Waals surface area contributed by atoms with Crippen LogP contribution in [0.15, 0.2) is 83.8 Å². The number of anilines is 2. The van der Waals surface area contributed by atoms with E-state index in [4.69, 9.17) is 0 Å². The van der Waals surface area contributed by atoms with E-state index in [2.05, 4.69) is 10.6 Å². The molecule has 0 aliphatic heterocycles. The van der Waals surface area contributed by atoms with Crippen molar-refractivity contribution in [3.05, 3.63) is 90.0 Å². The Labute approximate surface area is 185 Å². The predicted octanol–water partition coefficient (Wildman–Crippen LogP) is 4.37. The lowest BCUT2D eigenvalue weighted by atomic mass is 10.1. The predicted molar refractivity (Wildman–Crippen MR) is 125 cm³/mol. The summed E-state index contributed by atoms with van der Waals surface area (Å²) in [4.78, 5) is 39.6. The number of carbonyl (C=O) groups excluding carboxylic acids is 3. The zero-order valence-corrected chi connectivity index (χ0v) is 18.1. The van der Waals surface area contributed by atoms with Gasteiger partial charge in [-0.2, -0.15) is 0 Å². The normalized spacial score (nSPS) is 10.3. The molecule has 0 spiro atoms. The molecule has 31 heavy (non-hydrogen) atoms. The number of nitrogens with zero attached hydrogens (tertiary/aromatic N) is 1. The van der Waals surface area contributed by atoms with Crippen LogP contribution >= 0.6 is 11.8 Å². The Morgan fingerprint density at radius 1 is 0.806 bits per heavy atom. The zero-order chi connectivity index (χ0) is 22.2. The molecule has 6 nitrogen and oxygen atoms in total.